The number of benzene rings is 2. The summed E-state index contributed by atoms with van der Waals surface area (Å²) in [5.41, 5.74) is 1.93. The molecule has 2 saturated heterocycles. The number of halogens is 1. The van der Waals surface area contributed by atoms with Crippen molar-refractivity contribution in [1.29, 1.82) is 0 Å². The lowest BCUT2D eigenvalue weighted by Crippen LogP contribution is -2.38. The molecule has 0 unspecified atom stereocenters. The average Bonchev–Trinajstić information content (AvgIpc) is 3.07. The molecule has 0 bridgehead atoms. The van der Waals surface area contributed by atoms with E-state index in [4.69, 9.17) is 4.74 Å². The van der Waals surface area contributed by atoms with Crippen molar-refractivity contribution in [3.63, 3.8) is 0 Å². The van der Waals surface area contributed by atoms with Gasteiger partial charge in [0, 0.05) is 45.0 Å². The first-order valence-corrected chi connectivity index (χ1v) is 13.0. The fourth-order valence-corrected chi connectivity index (χ4v) is 5.69. The second-order valence-electron chi connectivity index (χ2n) is 8.62. The van der Waals surface area contributed by atoms with Crippen molar-refractivity contribution >= 4 is 21.6 Å². The van der Waals surface area contributed by atoms with Gasteiger partial charge in [0.05, 0.1) is 24.7 Å². The lowest BCUT2D eigenvalue weighted by molar-refractivity contribution is -0.117. The predicted molar refractivity (Wildman–Crippen MR) is 127 cm³/mol. The zero-order chi connectivity index (χ0) is 24.0. The zero-order valence-corrected chi connectivity index (χ0v) is 20.0. The number of morpholine rings is 1. The van der Waals surface area contributed by atoms with Gasteiger partial charge in [-0.05, 0) is 54.9 Å². The number of anilines is 1. The van der Waals surface area contributed by atoms with Gasteiger partial charge in [-0.2, -0.15) is 4.31 Å². The topological polar surface area (TPSA) is 82.2 Å². The van der Waals surface area contributed by atoms with Gasteiger partial charge < -0.3 is 10.1 Å². The standard InChI is InChI=1S/C24H31FN4O4S/c25-21-4-8-23(9-5-21)34(31,32)29-11-1-10-27(12-13-29)19-24(30)26-22-6-2-20(3-7-22)18-28-14-16-33-17-15-28/h2-9H,1,10-19H2,(H,26,30). The van der Waals surface area contributed by atoms with Crippen LogP contribution < -0.4 is 5.32 Å². The summed E-state index contributed by atoms with van der Waals surface area (Å²) in [6.45, 7) is 6.16. The molecule has 0 aromatic heterocycles. The molecule has 2 aromatic carbocycles. The summed E-state index contributed by atoms with van der Waals surface area (Å²) in [6, 6.07) is 12.7. The molecule has 184 valence electrons. The van der Waals surface area contributed by atoms with Crippen LogP contribution in [0.5, 0.6) is 0 Å². The lowest BCUT2D eigenvalue weighted by atomic mass is 10.2. The highest BCUT2D eigenvalue weighted by molar-refractivity contribution is 7.89. The fraction of sp³-hybridized carbons (Fsp3) is 0.458. The molecule has 1 amide bonds. The van der Waals surface area contributed by atoms with Gasteiger partial charge in [0.15, 0.2) is 0 Å². The molecule has 10 heteroatoms. The Balaban J connectivity index is 1.26. The molecule has 4 rings (SSSR count). The molecule has 1 N–H and O–H groups in total. The smallest absolute Gasteiger partial charge is 0.243 e. The normalized spacial score (nSPS) is 19.0. The van der Waals surface area contributed by atoms with E-state index in [9.17, 15) is 17.6 Å². The SMILES string of the molecule is O=C(CN1CCCN(S(=O)(=O)c2ccc(F)cc2)CC1)Nc1ccc(CN2CCOCC2)cc1. The Morgan fingerprint density at radius 3 is 2.29 bits per heavy atom. The van der Waals surface area contributed by atoms with E-state index in [1.807, 2.05) is 29.2 Å². The lowest BCUT2D eigenvalue weighted by Gasteiger charge is -2.26. The number of rotatable bonds is 7. The number of nitrogens with one attached hydrogen (secondary N) is 1. The van der Waals surface area contributed by atoms with Crippen molar-refractivity contribution in [2.75, 3.05) is 64.3 Å². The summed E-state index contributed by atoms with van der Waals surface area (Å²) >= 11 is 0. The maximum Gasteiger partial charge on any atom is 0.243 e. The molecule has 0 saturated carbocycles. The minimum absolute atomic E-state index is 0.0807. The van der Waals surface area contributed by atoms with Crippen molar-refractivity contribution in [1.82, 2.24) is 14.1 Å². The summed E-state index contributed by atoms with van der Waals surface area (Å²) in [4.78, 5) is 17.0. The van der Waals surface area contributed by atoms with Crippen LogP contribution in [0.1, 0.15) is 12.0 Å². The van der Waals surface area contributed by atoms with Gasteiger partial charge >= 0.3 is 0 Å². The van der Waals surface area contributed by atoms with Crippen LogP contribution in [0.2, 0.25) is 0 Å². The number of hydrogen-bond donors (Lipinski definition) is 1. The summed E-state index contributed by atoms with van der Waals surface area (Å²) in [5.74, 6) is -0.602. The highest BCUT2D eigenvalue weighted by Crippen LogP contribution is 2.18. The Labute approximate surface area is 200 Å². The highest BCUT2D eigenvalue weighted by atomic mass is 32.2. The number of amides is 1. The predicted octanol–water partition coefficient (Wildman–Crippen LogP) is 1.99. The van der Waals surface area contributed by atoms with Crippen molar-refractivity contribution in [3.05, 3.63) is 59.9 Å². The van der Waals surface area contributed by atoms with Crippen molar-refractivity contribution in [3.8, 4) is 0 Å². The molecule has 0 aliphatic carbocycles. The Hall–Kier alpha value is -2.37. The van der Waals surface area contributed by atoms with Crippen LogP contribution in [-0.2, 0) is 26.1 Å². The van der Waals surface area contributed by atoms with E-state index < -0.39 is 15.8 Å². The minimum atomic E-state index is -3.69. The molecule has 2 aromatic rings. The molecule has 2 aliphatic heterocycles. The van der Waals surface area contributed by atoms with Crippen LogP contribution in [0.3, 0.4) is 0 Å². The van der Waals surface area contributed by atoms with Crippen LogP contribution >= 0.6 is 0 Å². The summed E-state index contributed by atoms with van der Waals surface area (Å²) in [6.07, 6.45) is 0.615. The molecule has 0 atom stereocenters. The largest absolute Gasteiger partial charge is 0.379 e. The van der Waals surface area contributed by atoms with Crippen LogP contribution in [0.25, 0.3) is 0 Å². The molecular weight excluding hydrogens is 459 g/mol. The molecule has 8 nitrogen and oxygen atoms in total. The maximum absolute atomic E-state index is 13.2. The third kappa shape index (κ3) is 6.61. The molecule has 0 radical (unpaired) electrons. The van der Waals surface area contributed by atoms with Gasteiger partial charge in [-0.3, -0.25) is 14.6 Å². The Kier molecular flexibility index (Phi) is 8.28. The first kappa shape index (κ1) is 24.7. The fourth-order valence-electron chi connectivity index (χ4n) is 4.22. The summed E-state index contributed by atoms with van der Waals surface area (Å²) in [5, 5.41) is 2.93. The molecule has 34 heavy (non-hydrogen) atoms. The van der Waals surface area contributed by atoms with E-state index in [0.29, 0.717) is 26.1 Å². The molecular formula is C24H31FN4O4S. The van der Waals surface area contributed by atoms with E-state index in [1.165, 1.54) is 22.0 Å². The number of nitrogens with zero attached hydrogens (tertiary/aromatic N) is 3. The number of ether oxygens (including phenoxy) is 1. The van der Waals surface area contributed by atoms with Gasteiger partial charge in [0.25, 0.3) is 0 Å². The number of sulfonamides is 1. The first-order valence-electron chi connectivity index (χ1n) is 11.6. The van der Waals surface area contributed by atoms with Gasteiger partial charge in [-0.15, -0.1) is 0 Å². The van der Waals surface area contributed by atoms with Crippen LogP contribution in [0.4, 0.5) is 10.1 Å². The molecule has 2 fully saturated rings. The van der Waals surface area contributed by atoms with Crippen molar-refractivity contribution < 1.29 is 22.3 Å². The maximum atomic E-state index is 13.2. The minimum Gasteiger partial charge on any atom is -0.379 e. The first-order chi connectivity index (χ1) is 16.4. The van der Waals surface area contributed by atoms with E-state index in [2.05, 4.69) is 10.2 Å². The number of carbonyl (C=O) groups excluding carboxylic acids is 1. The van der Waals surface area contributed by atoms with Gasteiger partial charge in [0.2, 0.25) is 15.9 Å². The second-order valence-corrected chi connectivity index (χ2v) is 10.6. The van der Waals surface area contributed by atoms with Gasteiger partial charge in [0.1, 0.15) is 5.82 Å². The molecule has 2 heterocycles. The van der Waals surface area contributed by atoms with Gasteiger partial charge in [-0.25, -0.2) is 12.8 Å². The van der Waals surface area contributed by atoms with E-state index in [-0.39, 0.29) is 23.9 Å². The van der Waals surface area contributed by atoms with Crippen LogP contribution in [0, 0.1) is 5.82 Å². The van der Waals surface area contributed by atoms with E-state index in [1.54, 1.807) is 0 Å². The van der Waals surface area contributed by atoms with Gasteiger partial charge in [-0.1, -0.05) is 12.1 Å². The van der Waals surface area contributed by atoms with Crippen LogP contribution in [0.15, 0.2) is 53.4 Å². The Morgan fingerprint density at radius 1 is 0.882 bits per heavy atom. The van der Waals surface area contributed by atoms with E-state index in [0.717, 1.165) is 50.7 Å². The van der Waals surface area contributed by atoms with Crippen molar-refractivity contribution in [2.45, 2.75) is 17.9 Å². The highest BCUT2D eigenvalue weighted by Gasteiger charge is 2.27. The Bertz CT molecular complexity index is 1060. The number of hydrogen-bond acceptors (Lipinski definition) is 6. The summed E-state index contributed by atoms with van der Waals surface area (Å²) < 4.78 is 45.7. The monoisotopic (exact) mass is 490 g/mol. The van der Waals surface area contributed by atoms with E-state index >= 15 is 0 Å². The third-order valence-electron chi connectivity index (χ3n) is 6.11. The molecule has 2 aliphatic rings. The Morgan fingerprint density at radius 2 is 1.59 bits per heavy atom. The number of carbonyl (C=O) groups is 1. The second kappa shape index (κ2) is 11.4. The van der Waals surface area contributed by atoms with Crippen molar-refractivity contribution in [2.24, 2.45) is 0 Å². The quantitative estimate of drug-likeness (QED) is 0.639. The third-order valence-corrected chi connectivity index (χ3v) is 8.03. The zero-order valence-electron chi connectivity index (χ0n) is 19.2. The summed E-state index contributed by atoms with van der Waals surface area (Å²) in [7, 11) is -3.69. The van der Waals surface area contributed by atoms with Crippen LogP contribution in [-0.4, -0.2) is 87.5 Å². The average molecular weight is 491 g/mol. The molecule has 0 spiro atoms.